The Balaban J connectivity index is 1.40. The van der Waals surface area contributed by atoms with Crippen molar-refractivity contribution in [2.24, 2.45) is 0 Å². The zero-order valence-electron chi connectivity index (χ0n) is 17.4. The number of ether oxygens (including phenoxy) is 1. The number of carbonyl (C=O) groups is 2. The first kappa shape index (κ1) is 20.8. The van der Waals surface area contributed by atoms with E-state index in [1.165, 1.54) is 17.1 Å². The van der Waals surface area contributed by atoms with Crippen molar-refractivity contribution in [2.45, 2.75) is 39.0 Å². The molecule has 1 N–H and O–H groups in total. The molecule has 9 heteroatoms. The van der Waals surface area contributed by atoms with Crippen molar-refractivity contribution in [2.75, 3.05) is 18.5 Å². The first-order valence-corrected chi connectivity index (χ1v) is 10.2. The number of amides is 2. The van der Waals surface area contributed by atoms with Gasteiger partial charge in [-0.25, -0.2) is 0 Å². The summed E-state index contributed by atoms with van der Waals surface area (Å²) in [4.78, 5) is 31.2. The molecule has 3 aromatic rings. The first-order valence-electron chi connectivity index (χ1n) is 10.2. The van der Waals surface area contributed by atoms with E-state index in [2.05, 4.69) is 15.4 Å². The van der Waals surface area contributed by atoms with Gasteiger partial charge in [0.1, 0.15) is 12.3 Å². The van der Waals surface area contributed by atoms with Crippen LogP contribution in [0.2, 0.25) is 0 Å². The minimum Gasteiger partial charge on any atom is -0.469 e. The monoisotopic (exact) mass is 423 g/mol. The van der Waals surface area contributed by atoms with E-state index in [0.717, 1.165) is 25.0 Å². The molecule has 2 amide bonds. The molecule has 4 rings (SSSR count). The minimum absolute atomic E-state index is 0.0523. The molecule has 0 radical (unpaired) electrons. The summed E-state index contributed by atoms with van der Waals surface area (Å²) in [6, 6.07) is 5.41. The highest BCUT2D eigenvalue weighted by atomic mass is 16.5. The average Bonchev–Trinajstić information content (AvgIpc) is 3.51. The third-order valence-electron chi connectivity index (χ3n) is 5.22. The lowest BCUT2D eigenvalue weighted by atomic mass is 10.2. The molecule has 0 bridgehead atoms. The van der Waals surface area contributed by atoms with Crippen molar-refractivity contribution in [3.63, 3.8) is 0 Å². The fraction of sp³-hybridized carbons (Fsp3) is 0.364. The summed E-state index contributed by atoms with van der Waals surface area (Å²) in [5, 5.41) is 7.00. The highest BCUT2D eigenvalue weighted by Gasteiger charge is 2.23. The predicted molar refractivity (Wildman–Crippen MR) is 112 cm³/mol. The predicted octanol–water partition coefficient (Wildman–Crippen LogP) is 2.64. The number of nitrogens with one attached hydrogen (secondary N) is 1. The summed E-state index contributed by atoms with van der Waals surface area (Å²) in [5.74, 6) is 0.190. The molecule has 4 heterocycles. The molecule has 1 aliphatic heterocycles. The number of furan rings is 1. The molecule has 0 aromatic carbocycles. The lowest BCUT2D eigenvalue weighted by Crippen LogP contribution is -2.39. The van der Waals surface area contributed by atoms with Crippen LogP contribution in [0.1, 0.15) is 34.5 Å². The second kappa shape index (κ2) is 9.57. The molecule has 0 aliphatic carbocycles. The molecule has 1 aliphatic rings. The summed E-state index contributed by atoms with van der Waals surface area (Å²) < 4.78 is 12.4. The molecule has 0 saturated carbocycles. The average molecular weight is 423 g/mol. The Hall–Kier alpha value is -3.46. The molecule has 1 fully saturated rings. The van der Waals surface area contributed by atoms with Crippen molar-refractivity contribution >= 4 is 17.5 Å². The SMILES string of the molecule is Cc1occc1C(=O)Nc1cnn(CC(=O)N(Cc2ccncc2)CC2CCCO2)c1. The number of rotatable bonds is 8. The number of nitrogens with zero attached hydrogens (tertiary/aromatic N) is 4. The Morgan fingerprint density at radius 3 is 2.84 bits per heavy atom. The van der Waals surface area contributed by atoms with E-state index >= 15 is 0 Å². The van der Waals surface area contributed by atoms with Crippen molar-refractivity contribution in [3.8, 4) is 0 Å². The van der Waals surface area contributed by atoms with Crippen molar-refractivity contribution in [1.82, 2.24) is 19.7 Å². The lowest BCUT2D eigenvalue weighted by Gasteiger charge is -2.25. The Morgan fingerprint density at radius 1 is 1.29 bits per heavy atom. The van der Waals surface area contributed by atoms with E-state index in [0.29, 0.717) is 30.1 Å². The van der Waals surface area contributed by atoms with Crippen LogP contribution < -0.4 is 5.32 Å². The zero-order chi connectivity index (χ0) is 21.6. The maximum absolute atomic E-state index is 13.1. The summed E-state index contributed by atoms with van der Waals surface area (Å²) in [5.41, 5.74) is 1.98. The molecule has 1 atom stereocenters. The van der Waals surface area contributed by atoms with Gasteiger partial charge in [0.05, 0.1) is 29.8 Å². The number of hydrogen-bond donors (Lipinski definition) is 1. The van der Waals surface area contributed by atoms with E-state index in [4.69, 9.17) is 9.15 Å². The third kappa shape index (κ3) is 5.37. The van der Waals surface area contributed by atoms with E-state index in [-0.39, 0.29) is 24.5 Å². The molecule has 0 spiro atoms. The van der Waals surface area contributed by atoms with Crippen molar-refractivity contribution in [1.29, 1.82) is 0 Å². The summed E-state index contributed by atoms with van der Waals surface area (Å²) >= 11 is 0. The number of anilines is 1. The number of aromatic nitrogens is 3. The number of pyridine rings is 1. The fourth-order valence-corrected chi connectivity index (χ4v) is 3.57. The molecule has 3 aromatic heterocycles. The van der Waals surface area contributed by atoms with Gasteiger partial charge in [-0.15, -0.1) is 0 Å². The molecule has 162 valence electrons. The van der Waals surface area contributed by atoms with Crippen LogP contribution in [0.5, 0.6) is 0 Å². The molecular weight excluding hydrogens is 398 g/mol. The fourth-order valence-electron chi connectivity index (χ4n) is 3.57. The first-order chi connectivity index (χ1) is 15.1. The Morgan fingerprint density at radius 2 is 2.13 bits per heavy atom. The van der Waals surface area contributed by atoms with Crippen LogP contribution in [0.15, 0.2) is 53.7 Å². The molecule has 9 nitrogen and oxygen atoms in total. The molecular formula is C22H25N5O4. The second-order valence-electron chi connectivity index (χ2n) is 7.54. The minimum atomic E-state index is -0.283. The van der Waals surface area contributed by atoms with Gasteiger partial charge in [0, 0.05) is 38.3 Å². The van der Waals surface area contributed by atoms with Gasteiger partial charge in [0.15, 0.2) is 0 Å². The van der Waals surface area contributed by atoms with Crippen molar-refractivity contribution in [3.05, 3.63) is 66.1 Å². The van der Waals surface area contributed by atoms with E-state index in [1.807, 2.05) is 12.1 Å². The van der Waals surface area contributed by atoms with Gasteiger partial charge in [-0.05, 0) is 43.5 Å². The van der Waals surface area contributed by atoms with Crippen LogP contribution >= 0.6 is 0 Å². The van der Waals surface area contributed by atoms with Gasteiger partial charge in [-0.1, -0.05) is 0 Å². The Bertz CT molecular complexity index is 1020. The van der Waals surface area contributed by atoms with Crippen LogP contribution in [0.3, 0.4) is 0 Å². The zero-order valence-corrected chi connectivity index (χ0v) is 17.4. The normalized spacial score (nSPS) is 15.7. The maximum Gasteiger partial charge on any atom is 0.259 e. The Labute approximate surface area is 180 Å². The van der Waals surface area contributed by atoms with Crippen molar-refractivity contribution < 1.29 is 18.7 Å². The van der Waals surface area contributed by atoms with E-state index in [9.17, 15) is 9.59 Å². The highest BCUT2D eigenvalue weighted by molar-refractivity contribution is 6.04. The largest absolute Gasteiger partial charge is 0.469 e. The highest BCUT2D eigenvalue weighted by Crippen LogP contribution is 2.16. The quantitative estimate of drug-likeness (QED) is 0.598. The summed E-state index contributed by atoms with van der Waals surface area (Å²) in [6.45, 7) is 3.54. The van der Waals surface area contributed by atoms with Gasteiger partial charge in [0.2, 0.25) is 5.91 Å². The van der Waals surface area contributed by atoms with Gasteiger partial charge >= 0.3 is 0 Å². The topological polar surface area (TPSA) is 102 Å². The second-order valence-corrected chi connectivity index (χ2v) is 7.54. The number of hydrogen-bond acceptors (Lipinski definition) is 6. The van der Waals surface area contributed by atoms with E-state index in [1.54, 1.807) is 36.5 Å². The molecule has 1 unspecified atom stereocenters. The Kier molecular flexibility index (Phi) is 6.42. The number of carbonyl (C=O) groups excluding carboxylic acids is 2. The lowest BCUT2D eigenvalue weighted by molar-refractivity contribution is -0.134. The van der Waals surface area contributed by atoms with Gasteiger partial charge < -0.3 is 19.4 Å². The van der Waals surface area contributed by atoms with Gasteiger partial charge in [0.25, 0.3) is 5.91 Å². The standard InChI is InChI=1S/C22H25N5O4/c1-16-20(6-10-30-16)22(29)25-18-11-24-27(13-18)15-21(28)26(14-19-3-2-9-31-19)12-17-4-7-23-8-5-17/h4-8,10-11,13,19H,2-3,9,12,14-15H2,1H3,(H,25,29). The van der Waals surface area contributed by atoms with Crippen LogP contribution in [0, 0.1) is 6.92 Å². The smallest absolute Gasteiger partial charge is 0.259 e. The maximum atomic E-state index is 13.1. The summed E-state index contributed by atoms with van der Waals surface area (Å²) in [6.07, 6.45) is 10.1. The van der Waals surface area contributed by atoms with Gasteiger partial charge in [-0.2, -0.15) is 5.10 Å². The summed E-state index contributed by atoms with van der Waals surface area (Å²) in [7, 11) is 0. The van der Waals surface area contributed by atoms with E-state index < -0.39 is 0 Å². The van der Waals surface area contributed by atoms with Crippen LogP contribution in [-0.4, -0.2) is 50.7 Å². The third-order valence-corrected chi connectivity index (χ3v) is 5.22. The molecule has 31 heavy (non-hydrogen) atoms. The van der Waals surface area contributed by atoms with Crippen LogP contribution in [0.4, 0.5) is 5.69 Å². The molecule has 1 saturated heterocycles. The van der Waals surface area contributed by atoms with Gasteiger partial charge in [-0.3, -0.25) is 19.3 Å². The van der Waals surface area contributed by atoms with Crippen LogP contribution in [0.25, 0.3) is 0 Å². The van der Waals surface area contributed by atoms with Crippen LogP contribution in [-0.2, 0) is 22.6 Å². The number of aryl methyl sites for hydroxylation is 1.